The van der Waals surface area contributed by atoms with Crippen molar-refractivity contribution in [2.24, 2.45) is 5.73 Å². The minimum atomic E-state index is -0.317. The van der Waals surface area contributed by atoms with E-state index in [0.717, 1.165) is 30.4 Å². The normalized spacial score (nSPS) is 15.9. The summed E-state index contributed by atoms with van der Waals surface area (Å²) in [6, 6.07) is 5.39. The molecule has 1 aliphatic heterocycles. The molecule has 25 heavy (non-hydrogen) atoms. The third-order valence-electron chi connectivity index (χ3n) is 5.11. The van der Waals surface area contributed by atoms with Crippen molar-refractivity contribution in [1.82, 2.24) is 4.90 Å². The van der Waals surface area contributed by atoms with Gasteiger partial charge in [-0.25, -0.2) is 0 Å². The van der Waals surface area contributed by atoms with Crippen LogP contribution in [0.1, 0.15) is 58.1 Å². The molecular formula is C20H32N2O3. The minimum Gasteiger partial charge on any atom is -0.508 e. The summed E-state index contributed by atoms with van der Waals surface area (Å²) in [6.07, 6.45) is 2.78. The predicted octanol–water partition coefficient (Wildman–Crippen LogP) is 2.98. The van der Waals surface area contributed by atoms with Crippen LogP contribution in [0, 0.1) is 0 Å². The summed E-state index contributed by atoms with van der Waals surface area (Å²) >= 11 is 0. The topological polar surface area (TPSA) is 75.8 Å². The zero-order chi connectivity index (χ0) is 18.7. The maximum atomic E-state index is 12.7. The molecule has 5 nitrogen and oxygen atoms in total. The lowest BCUT2D eigenvalue weighted by Crippen LogP contribution is -2.47. The Morgan fingerprint density at radius 3 is 2.56 bits per heavy atom. The molecule has 1 aliphatic rings. The molecule has 0 bridgehead atoms. The molecule has 1 amide bonds. The van der Waals surface area contributed by atoms with Crippen LogP contribution >= 0.6 is 0 Å². The highest BCUT2D eigenvalue weighted by molar-refractivity contribution is 5.78. The van der Waals surface area contributed by atoms with Crippen molar-refractivity contribution in [3.8, 4) is 5.75 Å². The summed E-state index contributed by atoms with van der Waals surface area (Å²) in [4.78, 5) is 14.6. The zero-order valence-electron chi connectivity index (χ0n) is 16.0. The lowest BCUT2D eigenvalue weighted by atomic mass is 9.96. The number of fused-ring (bicyclic) bond motifs is 1. The second-order valence-electron chi connectivity index (χ2n) is 8.14. The largest absolute Gasteiger partial charge is 0.508 e. The van der Waals surface area contributed by atoms with Gasteiger partial charge in [-0.15, -0.1) is 0 Å². The number of nitrogens with two attached hydrogens (primary N) is 1. The van der Waals surface area contributed by atoms with Crippen LogP contribution in [-0.2, 0) is 22.5 Å². The van der Waals surface area contributed by atoms with E-state index >= 15 is 0 Å². The summed E-state index contributed by atoms with van der Waals surface area (Å²) in [5, 5.41) is 9.78. The number of carbonyl (C=O) groups excluding carboxylic acids is 1. The molecule has 2 rings (SSSR count). The molecule has 0 spiro atoms. The molecule has 0 saturated carbocycles. The summed E-state index contributed by atoms with van der Waals surface area (Å²) in [5.74, 6) is 0.402. The van der Waals surface area contributed by atoms with Crippen LogP contribution in [0.5, 0.6) is 5.75 Å². The van der Waals surface area contributed by atoms with Gasteiger partial charge in [0.25, 0.3) is 0 Å². The molecule has 1 heterocycles. The molecule has 0 saturated heterocycles. The van der Waals surface area contributed by atoms with Gasteiger partial charge in [0.15, 0.2) is 0 Å². The van der Waals surface area contributed by atoms with Crippen molar-refractivity contribution in [3.05, 3.63) is 29.3 Å². The van der Waals surface area contributed by atoms with Crippen molar-refractivity contribution in [3.63, 3.8) is 0 Å². The number of hydrogen-bond donors (Lipinski definition) is 2. The fourth-order valence-electron chi connectivity index (χ4n) is 3.32. The third kappa shape index (κ3) is 5.19. The average Bonchev–Trinajstić information content (AvgIpc) is 2.66. The molecule has 0 atom stereocenters. The molecule has 0 unspecified atom stereocenters. The highest BCUT2D eigenvalue weighted by atomic mass is 16.5. The van der Waals surface area contributed by atoms with Crippen LogP contribution in [-0.4, -0.2) is 40.2 Å². The van der Waals surface area contributed by atoms with Crippen LogP contribution < -0.4 is 5.73 Å². The standard InChI is InChI=1S/C20H32N2O3/c1-19(2,10-12-25-20(3,4)9-11-21)22-14-16-13-17(23)7-5-15(16)6-8-18(22)24/h5,7,13,23H,6,8-12,14,21H2,1-4H3. The molecular weight excluding hydrogens is 316 g/mol. The Balaban J connectivity index is 2.07. The van der Waals surface area contributed by atoms with Gasteiger partial charge in [-0.3, -0.25) is 4.79 Å². The Kier molecular flexibility index (Phi) is 6.12. The first-order valence-electron chi connectivity index (χ1n) is 9.10. The predicted molar refractivity (Wildman–Crippen MR) is 99.4 cm³/mol. The van der Waals surface area contributed by atoms with Crippen LogP contribution in [0.25, 0.3) is 0 Å². The van der Waals surface area contributed by atoms with E-state index in [-0.39, 0.29) is 22.8 Å². The van der Waals surface area contributed by atoms with Gasteiger partial charge < -0.3 is 20.5 Å². The minimum absolute atomic E-state index is 0.155. The van der Waals surface area contributed by atoms with E-state index in [0.29, 0.717) is 26.1 Å². The van der Waals surface area contributed by atoms with E-state index < -0.39 is 0 Å². The van der Waals surface area contributed by atoms with Crippen molar-refractivity contribution < 1.29 is 14.6 Å². The molecule has 0 fully saturated rings. The number of phenols is 1. The van der Waals surface area contributed by atoms with Crippen molar-refractivity contribution in [2.45, 2.75) is 71.1 Å². The number of carbonyl (C=O) groups is 1. The van der Waals surface area contributed by atoms with E-state index in [1.807, 2.05) is 24.8 Å². The maximum absolute atomic E-state index is 12.7. The fraction of sp³-hybridized carbons (Fsp3) is 0.650. The monoisotopic (exact) mass is 348 g/mol. The number of hydrogen-bond acceptors (Lipinski definition) is 4. The molecule has 0 aromatic heterocycles. The van der Waals surface area contributed by atoms with E-state index in [1.54, 1.807) is 12.1 Å². The van der Waals surface area contributed by atoms with Crippen molar-refractivity contribution >= 4 is 5.91 Å². The molecule has 1 aromatic carbocycles. The highest BCUT2D eigenvalue weighted by Gasteiger charge is 2.33. The highest BCUT2D eigenvalue weighted by Crippen LogP contribution is 2.30. The van der Waals surface area contributed by atoms with E-state index in [9.17, 15) is 9.90 Å². The Bertz CT molecular complexity index is 611. The fourth-order valence-corrected chi connectivity index (χ4v) is 3.32. The Morgan fingerprint density at radius 2 is 1.88 bits per heavy atom. The van der Waals surface area contributed by atoms with Crippen LogP contribution in [0.4, 0.5) is 0 Å². The molecule has 5 heteroatoms. The maximum Gasteiger partial charge on any atom is 0.223 e. The average molecular weight is 348 g/mol. The Hall–Kier alpha value is -1.59. The first-order chi connectivity index (χ1) is 11.6. The van der Waals surface area contributed by atoms with Gasteiger partial charge >= 0.3 is 0 Å². The summed E-state index contributed by atoms with van der Waals surface area (Å²) in [6.45, 7) is 9.96. The second-order valence-corrected chi connectivity index (χ2v) is 8.14. The number of phenolic OH excluding ortho intramolecular Hbond substituents is 1. The summed E-state index contributed by atoms with van der Waals surface area (Å²) in [7, 11) is 0. The van der Waals surface area contributed by atoms with Gasteiger partial charge in [-0.05, 0) is 76.8 Å². The van der Waals surface area contributed by atoms with Crippen molar-refractivity contribution in [2.75, 3.05) is 13.2 Å². The van der Waals surface area contributed by atoms with Gasteiger partial charge in [-0.2, -0.15) is 0 Å². The molecule has 140 valence electrons. The first kappa shape index (κ1) is 19.7. The van der Waals surface area contributed by atoms with Gasteiger partial charge in [0.1, 0.15) is 5.75 Å². The van der Waals surface area contributed by atoms with Gasteiger partial charge in [-0.1, -0.05) is 6.07 Å². The lowest BCUT2D eigenvalue weighted by molar-refractivity contribution is -0.138. The Morgan fingerprint density at radius 1 is 1.16 bits per heavy atom. The van der Waals surface area contributed by atoms with Crippen LogP contribution in [0.15, 0.2) is 18.2 Å². The molecule has 0 aliphatic carbocycles. The number of aryl methyl sites for hydroxylation is 1. The number of aromatic hydroxyl groups is 1. The van der Waals surface area contributed by atoms with Crippen LogP contribution in [0.3, 0.4) is 0 Å². The smallest absolute Gasteiger partial charge is 0.223 e. The Labute approximate surface area is 151 Å². The number of ether oxygens (including phenoxy) is 1. The lowest BCUT2D eigenvalue weighted by Gasteiger charge is -2.39. The SMILES string of the molecule is CC(C)(CCN)OCCC(C)(C)N1Cc2cc(O)ccc2CCC1=O. The number of rotatable bonds is 7. The van der Waals surface area contributed by atoms with E-state index in [4.69, 9.17) is 10.5 Å². The van der Waals surface area contributed by atoms with E-state index in [1.165, 1.54) is 0 Å². The summed E-state index contributed by atoms with van der Waals surface area (Å²) in [5.41, 5.74) is 7.24. The summed E-state index contributed by atoms with van der Waals surface area (Å²) < 4.78 is 5.99. The number of nitrogens with zero attached hydrogens (tertiary/aromatic N) is 1. The second kappa shape index (κ2) is 7.75. The van der Waals surface area contributed by atoms with Gasteiger partial charge in [0.05, 0.1) is 5.60 Å². The quantitative estimate of drug-likeness (QED) is 0.794. The first-order valence-corrected chi connectivity index (χ1v) is 9.10. The van der Waals surface area contributed by atoms with Crippen LogP contribution in [0.2, 0.25) is 0 Å². The number of amides is 1. The van der Waals surface area contributed by atoms with E-state index in [2.05, 4.69) is 13.8 Å². The molecule has 3 N–H and O–H groups in total. The van der Waals surface area contributed by atoms with Gasteiger partial charge in [0.2, 0.25) is 5.91 Å². The zero-order valence-corrected chi connectivity index (χ0v) is 16.0. The number of benzene rings is 1. The third-order valence-corrected chi connectivity index (χ3v) is 5.11. The molecule has 1 aromatic rings. The van der Waals surface area contributed by atoms with Gasteiger partial charge in [0, 0.05) is 25.1 Å². The molecule has 0 radical (unpaired) electrons. The van der Waals surface area contributed by atoms with Crippen molar-refractivity contribution in [1.29, 1.82) is 0 Å².